The monoisotopic (exact) mass is 451 g/mol. The molecule has 0 radical (unpaired) electrons. The van der Waals surface area contributed by atoms with Gasteiger partial charge in [-0.2, -0.15) is 0 Å². The van der Waals surface area contributed by atoms with Gasteiger partial charge in [-0.15, -0.1) is 0 Å². The Morgan fingerprint density at radius 2 is 1.90 bits per heavy atom. The summed E-state index contributed by atoms with van der Waals surface area (Å²) in [6.07, 6.45) is 3.62. The maximum absolute atomic E-state index is 12.4. The summed E-state index contributed by atoms with van der Waals surface area (Å²) in [6, 6.07) is 6.98. The van der Waals surface area contributed by atoms with Gasteiger partial charge in [-0.05, 0) is 25.8 Å². The Hall–Kier alpha value is -2.45. The van der Waals surface area contributed by atoms with Gasteiger partial charge < -0.3 is 10.1 Å². The molecule has 0 aliphatic carbocycles. The predicted molar refractivity (Wildman–Crippen MR) is 117 cm³/mol. The zero-order valence-corrected chi connectivity index (χ0v) is 19.2. The van der Waals surface area contributed by atoms with Crippen LogP contribution in [0.4, 0.5) is 0 Å². The lowest BCUT2D eigenvalue weighted by atomic mass is 9.99. The van der Waals surface area contributed by atoms with E-state index in [1.165, 1.54) is 12.3 Å². The summed E-state index contributed by atoms with van der Waals surface area (Å²) in [5, 5.41) is 4.29. The van der Waals surface area contributed by atoms with Crippen molar-refractivity contribution in [2.75, 3.05) is 6.26 Å². The van der Waals surface area contributed by atoms with Gasteiger partial charge in [0.1, 0.15) is 6.10 Å². The van der Waals surface area contributed by atoms with Gasteiger partial charge in [0.2, 0.25) is 5.82 Å². The molecule has 0 fully saturated rings. The highest BCUT2D eigenvalue weighted by Gasteiger charge is 2.22. The third-order valence-corrected chi connectivity index (χ3v) is 5.18. The van der Waals surface area contributed by atoms with Gasteiger partial charge in [-0.25, -0.2) is 18.4 Å². The van der Waals surface area contributed by atoms with Crippen molar-refractivity contribution in [2.24, 2.45) is 5.92 Å². The van der Waals surface area contributed by atoms with Gasteiger partial charge in [-0.1, -0.05) is 49.7 Å². The number of hydrogen-bond acceptors (Lipinski definition) is 6. The maximum atomic E-state index is 12.4. The van der Waals surface area contributed by atoms with Crippen LogP contribution in [0.15, 0.2) is 41.9 Å². The zero-order chi connectivity index (χ0) is 22.5. The third kappa shape index (κ3) is 6.81. The van der Waals surface area contributed by atoms with Crippen molar-refractivity contribution >= 4 is 27.3 Å². The SMILES string of the molecule is Cc1nc(C(=O)N[C@H](C)/C=C/S(C)(=O)=O)ncc1OC(c1ccccc1Cl)C(C)C. The van der Waals surface area contributed by atoms with E-state index >= 15 is 0 Å². The van der Waals surface area contributed by atoms with Gasteiger partial charge in [0.15, 0.2) is 15.6 Å². The van der Waals surface area contributed by atoms with E-state index in [1.54, 1.807) is 13.8 Å². The van der Waals surface area contributed by atoms with Gasteiger partial charge >= 0.3 is 0 Å². The lowest BCUT2D eigenvalue weighted by molar-refractivity contribution is 0.0935. The summed E-state index contributed by atoms with van der Waals surface area (Å²) < 4.78 is 28.5. The molecule has 1 aromatic carbocycles. The summed E-state index contributed by atoms with van der Waals surface area (Å²) >= 11 is 6.33. The van der Waals surface area contributed by atoms with Crippen LogP contribution < -0.4 is 10.1 Å². The molecule has 0 bridgehead atoms. The molecule has 1 aromatic heterocycles. The van der Waals surface area contributed by atoms with Crippen molar-refractivity contribution in [3.05, 3.63) is 64.1 Å². The number of amides is 1. The zero-order valence-electron chi connectivity index (χ0n) is 17.6. The van der Waals surface area contributed by atoms with Gasteiger partial charge in [0, 0.05) is 28.3 Å². The average molecular weight is 452 g/mol. The Bertz CT molecular complexity index is 1040. The standard InChI is InChI=1S/C21H26ClN3O4S/c1-13(2)19(16-8-6-7-9-17(16)22)29-18-12-23-20(25-15(18)4)21(26)24-14(3)10-11-30(5,27)28/h6-14,19H,1-5H3,(H,24,26)/b11-10+/t14-,19?/m1/s1. The van der Waals surface area contributed by atoms with Gasteiger partial charge in [0.25, 0.3) is 5.91 Å². The molecule has 0 aliphatic rings. The first-order valence-corrected chi connectivity index (χ1v) is 11.7. The number of sulfone groups is 1. The molecule has 2 rings (SSSR count). The molecule has 0 aliphatic heterocycles. The van der Waals surface area contributed by atoms with Crippen LogP contribution in [0.25, 0.3) is 0 Å². The van der Waals surface area contributed by atoms with E-state index < -0.39 is 21.8 Å². The molecule has 1 N–H and O–H groups in total. The van der Waals surface area contributed by atoms with E-state index in [-0.39, 0.29) is 17.8 Å². The molecule has 0 saturated carbocycles. The molecule has 0 spiro atoms. The molecular formula is C21H26ClN3O4S. The van der Waals surface area contributed by atoms with E-state index in [2.05, 4.69) is 15.3 Å². The smallest absolute Gasteiger partial charge is 0.289 e. The first kappa shape index (κ1) is 23.8. The van der Waals surface area contributed by atoms with Crippen molar-refractivity contribution in [1.82, 2.24) is 15.3 Å². The van der Waals surface area contributed by atoms with Crippen LogP contribution in [0, 0.1) is 12.8 Å². The van der Waals surface area contributed by atoms with Crippen LogP contribution in [0.5, 0.6) is 5.75 Å². The summed E-state index contributed by atoms with van der Waals surface area (Å²) in [6.45, 7) is 7.43. The fourth-order valence-electron chi connectivity index (χ4n) is 2.66. The number of aromatic nitrogens is 2. The molecule has 2 aromatic rings. The van der Waals surface area contributed by atoms with Crippen LogP contribution in [0.2, 0.25) is 5.02 Å². The van der Waals surface area contributed by atoms with Gasteiger partial charge in [0.05, 0.1) is 11.9 Å². The lowest BCUT2D eigenvalue weighted by Gasteiger charge is -2.24. The highest BCUT2D eigenvalue weighted by atomic mass is 35.5. The minimum atomic E-state index is -3.27. The molecule has 162 valence electrons. The molecule has 1 amide bonds. The number of carbonyl (C=O) groups excluding carboxylic acids is 1. The number of benzene rings is 1. The van der Waals surface area contributed by atoms with Crippen molar-refractivity contribution in [1.29, 1.82) is 0 Å². The minimum Gasteiger partial charge on any atom is -0.482 e. The summed E-state index contributed by atoms with van der Waals surface area (Å²) in [5.74, 6) is 0.0463. The number of carbonyl (C=O) groups is 1. The van der Waals surface area contributed by atoms with Gasteiger partial charge in [-0.3, -0.25) is 4.79 Å². The Morgan fingerprint density at radius 1 is 1.23 bits per heavy atom. The topological polar surface area (TPSA) is 98.2 Å². The van der Waals surface area contributed by atoms with E-state index in [4.69, 9.17) is 16.3 Å². The number of hydrogen-bond donors (Lipinski definition) is 1. The fourth-order valence-corrected chi connectivity index (χ4v) is 3.43. The first-order valence-electron chi connectivity index (χ1n) is 9.41. The molecule has 30 heavy (non-hydrogen) atoms. The predicted octanol–water partition coefficient (Wildman–Crippen LogP) is 3.89. The van der Waals surface area contributed by atoms with Crippen LogP contribution in [0.3, 0.4) is 0 Å². The number of rotatable bonds is 8. The number of ether oxygens (including phenoxy) is 1. The molecule has 9 heteroatoms. The van der Waals surface area contributed by atoms with Crippen LogP contribution in [-0.2, 0) is 9.84 Å². The second-order valence-electron chi connectivity index (χ2n) is 7.37. The largest absolute Gasteiger partial charge is 0.482 e. The van der Waals surface area contributed by atoms with Crippen molar-refractivity contribution in [3.8, 4) is 5.75 Å². The van der Waals surface area contributed by atoms with E-state index in [0.717, 1.165) is 17.2 Å². The number of halogens is 1. The second-order valence-corrected chi connectivity index (χ2v) is 9.71. The van der Waals surface area contributed by atoms with Crippen LogP contribution in [-0.4, -0.2) is 36.6 Å². The van der Waals surface area contributed by atoms with Crippen molar-refractivity contribution in [3.63, 3.8) is 0 Å². The Labute approximate surface area is 182 Å². The maximum Gasteiger partial charge on any atom is 0.289 e. The number of nitrogens with zero attached hydrogens (tertiary/aromatic N) is 2. The van der Waals surface area contributed by atoms with Crippen LogP contribution in [0.1, 0.15) is 48.8 Å². The highest BCUT2D eigenvalue weighted by Crippen LogP contribution is 2.33. The molecule has 1 heterocycles. The molecule has 7 nitrogen and oxygen atoms in total. The summed E-state index contributed by atoms with van der Waals surface area (Å²) in [4.78, 5) is 20.7. The summed E-state index contributed by atoms with van der Waals surface area (Å²) in [5.41, 5.74) is 1.37. The Kier molecular flexibility index (Phi) is 7.97. The van der Waals surface area contributed by atoms with Crippen LogP contribution >= 0.6 is 11.6 Å². The van der Waals surface area contributed by atoms with E-state index in [1.807, 2.05) is 38.1 Å². The molecular weight excluding hydrogens is 426 g/mol. The van der Waals surface area contributed by atoms with E-state index in [9.17, 15) is 13.2 Å². The first-order chi connectivity index (χ1) is 14.0. The van der Waals surface area contributed by atoms with Crippen molar-refractivity contribution in [2.45, 2.75) is 39.8 Å². The molecule has 0 saturated heterocycles. The fraction of sp³-hybridized carbons (Fsp3) is 0.381. The summed E-state index contributed by atoms with van der Waals surface area (Å²) in [7, 11) is -3.27. The normalized spacial score (nSPS) is 14.0. The lowest BCUT2D eigenvalue weighted by Crippen LogP contribution is -2.32. The van der Waals surface area contributed by atoms with Crippen molar-refractivity contribution < 1.29 is 17.9 Å². The number of nitrogens with one attached hydrogen (secondary N) is 1. The Morgan fingerprint density at radius 3 is 2.47 bits per heavy atom. The molecule has 2 atom stereocenters. The van der Waals surface area contributed by atoms with E-state index in [0.29, 0.717) is 16.5 Å². The quantitative estimate of drug-likeness (QED) is 0.653. The average Bonchev–Trinajstić information content (AvgIpc) is 2.65. The highest BCUT2D eigenvalue weighted by molar-refractivity contribution is 7.93. The Balaban J connectivity index is 2.17. The second kappa shape index (κ2) is 10.0. The molecule has 1 unspecified atom stereocenters. The minimum absolute atomic E-state index is 0.0294. The third-order valence-electron chi connectivity index (χ3n) is 4.18. The number of aryl methyl sites for hydroxylation is 1.